The number of carbonyl (C=O) groups excluding carboxylic acids is 2. The van der Waals surface area contributed by atoms with E-state index in [9.17, 15) is 9.59 Å². The van der Waals surface area contributed by atoms with Crippen LogP contribution in [0, 0.1) is 0 Å². The number of anilines is 1. The van der Waals surface area contributed by atoms with Crippen LogP contribution in [0.15, 0.2) is 23.9 Å². The summed E-state index contributed by atoms with van der Waals surface area (Å²) in [4.78, 5) is 27.3. The molecule has 1 aromatic heterocycles. The van der Waals surface area contributed by atoms with Gasteiger partial charge in [-0.3, -0.25) is 9.78 Å². The van der Waals surface area contributed by atoms with Crippen LogP contribution < -0.4 is 5.32 Å². The fourth-order valence-corrected chi connectivity index (χ4v) is 1.58. The number of ether oxygens (including phenoxy) is 1. The predicted molar refractivity (Wildman–Crippen MR) is 62.1 cm³/mol. The molecular weight excluding hydrogens is 220 g/mol. The summed E-state index contributed by atoms with van der Waals surface area (Å²) in [5.41, 5.74) is 1.50. The van der Waals surface area contributed by atoms with E-state index >= 15 is 0 Å². The Kier molecular flexibility index (Phi) is 3.18. The van der Waals surface area contributed by atoms with Gasteiger partial charge in [-0.15, -0.1) is 0 Å². The monoisotopic (exact) mass is 232 g/mol. The lowest BCUT2D eigenvalue weighted by atomic mass is 10.1. The van der Waals surface area contributed by atoms with E-state index < -0.39 is 5.97 Å². The molecule has 0 saturated heterocycles. The Morgan fingerprint density at radius 3 is 3.18 bits per heavy atom. The van der Waals surface area contributed by atoms with Crippen LogP contribution in [-0.4, -0.2) is 23.5 Å². The Morgan fingerprint density at radius 2 is 2.41 bits per heavy atom. The van der Waals surface area contributed by atoms with Crippen LogP contribution in [-0.2, 0) is 14.3 Å². The quantitative estimate of drug-likeness (QED) is 0.782. The maximum atomic E-state index is 11.6. The summed E-state index contributed by atoms with van der Waals surface area (Å²) in [6.07, 6.45) is 3.20. The van der Waals surface area contributed by atoms with Crippen molar-refractivity contribution < 1.29 is 14.3 Å². The molecule has 2 heterocycles. The molecule has 0 bridgehead atoms. The summed E-state index contributed by atoms with van der Waals surface area (Å²) in [6.45, 7) is 2.01. The minimum atomic E-state index is -0.471. The lowest BCUT2D eigenvalue weighted by Gasteiger charge is -2.03. The molecule has 1 aliphatic heterocycles. The van der Waals surface area contributed by atoms with Gasteiger partial charge in [0.15, 0.2) is 0 Å². The Balaban J connectivity index is 2.38. The highest BCUT2D eigenvalue weighted by Crippen LogP contribution is 2.22. The van der Waals surface area contributed by atoms with E-state index in [2.05, 4.69) is 10.3 Å². The number of aromatic nitrogens is 1. The first kappa shape index (κ1) is 11.3. The molecule has 0 saturated carbocycles. The SMILES string of the molecule is CCOC(=O)C1=Cc2ncccc2NC(=O)C1. The molecule has 88 valence electrons. The second-order valence-corrected chi connectivity index (χ2v) is 3.55. The molecule has 5 nitrogen and oxygen atoms in total. The molecule has 1 amide bonds. The largest absolute Gasteiger partial charge is 0.463 e. The second-order valence-electron chi connectivity index (χ2n) is 3.55. The van der Waals surface area contributed by atoms with Crippen LogP contribution in [0.2, 0.25) is 0 Å². The normalized spacial score (nSPS) is 14.2. The van der Waals surface area contributed by atoms with Crippen molar-refractivity contribution in [1.29, 1.82) is 0 Å². The van der Waals surface area contributed by atoms with Crippen LogP contribution in [0.25, 0.3) is 6.08 Å². The van der Waals surface area contributed by atoms with Crippen LogP contribution in [0.3, 0.4) is 0 Å². The number of amides is 1. The molecule has 1 N–H and O–H groups in total. The van der Waals surface area contributed by atoms with Crippen molar-refractivity contribution in [2.75, 3.05) is 11.9 Å². The first-order valence-electron chi connectivity index (χ1n) is 5.33. The highest BCUT2D eigenvalue weighted by molar-refractivity contribution is 6.05. The van der Waals surface area contributed by atoms with Crippen LogP contribution in [0.4, 0.5) is 5.69 Å². The van der Waals surface area contributed by atoms with Crippen molar-refractivity contribution in [2.45, 2.75) is 13.3 Å². The van der Waals surface area contributed by atoms with Gasteiger partial charge in [-0.1, -0.05) is 0 Å². The summed E-state index contributed by atoms with van der Waals surface area (Å²) in [5.74, 6) is -0.711. The minimum Gasteiger partial charge on any atom is -0.463 e. The van der Waals surface area contributed by atoms with Gasteiger partial charge in [0.25, 0.3) is 0 Å². The van der Waals surface area contributed by atoms with Crippen molar-refractivity contribution in [3.05, 3.63) is 29.6 Å². The summed E-state index contributed by atoms with van der Waals surface area (Å²) in [5, 5.41) is 2.69. The van der Waals surface area contributed by atoms with Gasteiger partial charge in [-0.2, -0.15) is 0 Å². The molecule has 5 heteroatoms. The van der Waals surface area contributed by atoms with Gasteiger partial charge < -0.3 is 10.1 Å². The molecule has 0 aliphatic carbocycles. The van der Waals surface area contributed by atoms with E-state index in [1.165, 1.54) is 0 Å². The minimum absolute atomic E-state index is 0.00912. The highest BCUT2D eigenvalue weighted by Gasteiger charge is 2.20. The first-order chi connectivity index (χ1) is 8.20. The number of nitrogens with one attached hydrogen (secondary N) is 1. The molecule has 0 radical (unpaired) electrons. The van der Waals surface area contributed by atoms with Gasteiger partial charge in [0.2, 0.25) is 5.91 Å². The number of nitrogens with zero attached hydrogens (tertiary/aromatic N) is 1. The lowest BCUT2D eigenvalue weighted by molar-refractivity contribution is -0.139. The molecule has 1 aromatic rings. The van der Waals surface area contributed by atoms with Gasteiger partial charge in [0.05, 0.1) is 24.4 Å². The van der Waals surface area contributed by atoms with Gasteiger partial charge >= 0.3 is 5.97 Å². The average Bonchev–Trinajstić information content (AvgIpc) is 2.47. The van der Waals surface area contributed by atoms with E-state index in [0.29, 0.717) is 17.0 Å². The summed E-state index contributed by atoms with van der Waals surface area (Å²) < 4.78 is 4.89. The van der Waals surface area contributed by atoms with Crippen LogP contribution >= 0.6 is 0 Å². The standard InChI is InChI=1S/C12H12N2O3/c1-2-17-12(16)8-6-10-9(4-3-5-13-10)14-11(15)7-8/h3-6H,2,7H2,1H3,(H,14,15). The third kappa shape index (κ3) is 2.50. The smallest absolute Gasteiger partial charge is 0.334 e. The fourth-order valence-electron chi connectivity index (χ4n) is 1.58. The number of hydrogen-bond donors (Lipinski definition) is 1. The maximum Gasteiger partial charge on any atom is 0.334 e. The third-order valence-corrected chi connectivity index (χ3v) is 2.31. The average molecular weight is 232 g/mol. The lowest BCUT2D eigenvalue weighted by Crippen LogP contribution is -2.15. The van der Waals surface area contributed by atoms with Gasteiger partial charge in [0.1, 0.15) is 0 Å². The van der Waals surface area contributed by atoms with E-state index in [0.717, 1.165) is 0 Å². The van der Waals surface area contributed by atoms with Crippen LogP contribution in [0.5, 0.6) is 0 Å². The molecule has 17 heavy (non-hydrogen) atoms. The van der Waals surface area contributed by atoms with Crippen molar-refractivity contribution in [3.63, 3.8) is 0 Å². The number of rotatable bonds is 2. The topological polar surface area (TPSA) is 68.3 Å². The molecule has 0 spiro atoms. The fraction of sp³-hybridized carbons (Fsp3) is 0.250. The number of hydrogen-bond acceptors (Lipinski definition) is 4. The Bertz CT molecular complexity index is 494. The van der Waals surface area contributed by atoms with E-state index in [4.69, 9.17) is 4.74 Å². The first-order valence-corrected chi connectivity index (χ1v) is 5.33. The zero-order chi connectivity index (χ0) is 12.3. The molecule has 0 fully saturated rings. The maximum absolute atomic E-state index is 11.6. The van der Waals surface area contributed by atoms with Gasteiger partial charge in [-0.05, 0) is 25.1 Å². The second kappa shape index (κ2) is 4.78. The third-order valence-electron chi connectivity index (χ3n) is 2.31. The Labute approximate surface area is 98.5 Å². The highest BCUT2D eigenvalue weighted by atomic mass is 16.5. The molecule has 0 atom stereocenters. The number of fused-ring (bicyclic) bond motifs is 1. The van der Waals surface area contributed by atoms with Crippen LogP contribution in [0.1, 0.15) is 19.0 Å². The molecule has 0 aromatic carbocycles. The zero-order valence-corrected chi connectivity index (χ0v) is 9.40. The molecule has 1 aliphatic rings. The number of carbonyl (C=O) groups is 2. The van der Waals surface area contributed by atoms with Crippen molar-refractivity contribution in [1.82, 2.24) is 4.98 Å². The van der Waals surface area contributed by atoms with E-state index in [1.807, 2.05) is 0 Å². The van der Waals surface area contributed by atoms with E-state index in [-0.39, 0.29) is 18.9 Å². The van der Waals surface area contributed by atoms with Gasteiger partial charge in [0, 0.05) is 11.8 Å². The summed E-state index contributed by atoms with van der Waals surface area (Å²) in [7, 11) is 0. The molecular formula is C12H12N2O3. The summed E-state index contributed by atoms with van der Waals surface area (Å²) >= 11 is 0. The Morgan fingerprint density at radius 1 is 1.59 bits per heavy atom. The van der Waals surface area contributed by atoms with E-state index in [1.54, 1.807) is 31.3 Å². The summed E-state index contributed by atoms with van der Waals surface area (Å²) in [6, 6.07) is 3.47. The Hall–Kier alpha value is -2.17. The zero-order valence-electron chi connectivity index (χ0n) is 9.40. The molecule has 0 unspecified atom stereocenters. The number of esters is 1. The van der Waals surface area contributed by atoms with Crippen molar-refractivity contribution >= 4 is 23.6 Å². The van der Waals surface area contributed by atoms with Gasteiger partial charge in [-0.25, -0.2) is 4.79 Å². The number of pyridine rings is 1. The predicted octanol–water partition coefficient (Wildman–Crippen LogP) is 1.37. The van der Waals surface area contributed by atoms with Crippen molar-refractivity contribution in [2.24, 2.45) is 0 Å². The molecule has 2 rings (SSSR count). The van der Waals surface area contributed by atoms with Crippen molar-refractivity contribution in [3.8, 4) is 0 Å².